The van der Waals surface area contributed by atoms with E-state index in [0.29, 0.717) is 6.07 Å². The molecular weight excluding hydrogens is 302 g/mol. The van der Waals surface area contributed by atoms with Gasteiger partial charge in [0, 0.05) is 6.07 Å². The van der Waals surface area contributed by atoms with Crippen LogP contribution in [0.2, 0.25) is 0 Å². The van der Waals surface area contributed by atoms with E-state index in [4.69, 9.17) is 5.73 Å². The molecule has 1 aromatic carbocycles. The van der Waals surface area contributed by atoms with Crippen LogP contribution >= 0.6 is 11.3 Å². The third-order valence-corrected chi connectivity index (χ3v) is 3.54. The van der Waals surface area contributed by atoms with Crippen molar-refractivity contribution in [3.05, 3.63) is 45.7 Å². The van der Waals surface area contributed by atoms with Crippen molar-refractivity contribution in [1.29, 1.82) is 0 Å². The van der Waals surface area contributed by atoms with Gasteiger partial charge in [-0.25, -0.2) is 13.6 Å². The van der Waals surface area contributed by atoms with Crippen molar-refractivity contribution in [3.8, 4) is 0 Å². The standard InChI is InChI=1S/C13H10F2N2O3S/c1-20-13(19)6-4-10(8(15)5-7(6)14)17-12(18)11-9(16)2-3-21-11/h2-5H,16H2,1H3,(H,17,18). The Balaban J connectivity index is 2.34. The molecule has 0 unspecified atom stereocenters. The fraction of sp³-hybridized carbons (Fsp3) is 0.0769. The summed E-state index contributed by atoms with van der Waals surface area (Å²) in [6.07, 6.45) is 0. The Hall–Kier alpha value is -2.48. The van der Waals surface area contributed by atoms with Crippen molar-refractivity contribution in [1.82, 2.24) is 0 Å². The molecular formula is C13H10F2N2O3S. The summed E-state index contributed by atoms with van der Waals surface area (Å²) in [7, 11) is 1.07. The van der Waals surface area contributed by atoms with Crippen LogP contribution in [-0.4, -0.2) is 19.0 Å². The predicted octanol–water partition coefficient (Wildman–Crippen LogP) is 2.65. The molecule has 2 aromatic rings. The normalized spacial score (nSPS) is 10.2. The monoisotopic (exact) mass is 312 g/mol. The summed E-state index contributed by atoms with van der Waals surface area (Å²) < 4.78 is 31.5. The lowest BCUT2D eigenvalue weighted by atomic mass is 10.1. The van der Waals surface area contributed by atoms with Crippen molar-refractivity contribution >= 4 is 34.6 Å². The van der Waals surface area contributed by atoms with Crippen LogP contribution in [0.25, 0.3) is 0 Å². The molecule has 1 heterocycles. The predicted molar refractivity (Wildman–Crippen MR) is 74.4 cm³/mol. The van der Waals surface area contributed by atoms with Crippen LogP contribution in [0.5, 0.6) is 0 Å². The molecule has 0 spiro atoms. The van der Waals surface area contributed by atoms with E-state index >= 15 is 0 Å². The van der Waals surface area contributed by atoms with Crippen molar-refractivity contribution < 1.29 is 23.1 Å². The molecule has 5 nitrogen and oxygen atoms in total. The average Bonchev–Trinajstić information content (AvgIpc) is 2.87. The molecule has 0 radical (unpaired) electrons. The maximum atomic E-state index is 13.7. The molecule has 0 saturated heterocycles. The highest BCUT2D eigenvalue weighted by Crippen LogP contribution is 2.24. The zero-order valence-electron chi connectivity index (χ0n) is 10.8. The van der Waals surface area contributed by atoms with Gasteiger partial charge in [-0.15, -0.1) is 11.3 Å². The Morgan fingerprint density at radius 1 is 1.29 bits per heavy atom. The van der Waals surface area contributed by atoms with Gasteiger partial charge in [-0.05, 0) is 17.5 Å². The van der Waals surface area contributed by atoms with E-state index in [1.165, 1.54) is 6.07 Å². The van der Waals surface area contributed by atoms with Crippen molar-refractivity contribution in [3.63, 3.8) is 0 Å². The largest absolute Gasteiger partial charge is 0.465 e. The first-order valence-electron chi connectivity index (χ1n) is 5.65. The molecule has 2 rings (SSSR count). The van der Waals surface area contributed by atoms with Crippen molar-refractivity contribution in [2.75, 3.05) is 18.2 Å². The smallest absolute Gasteiger partial charge is 0.340 e. The number of hydrogen-bond donors (Lipinski definition) is 2. The van der Waals surface area contributed by atoms with Gasteiger partial charge in [0.1, 0.15) is 16.5 Å². The van der Waals surface area contributed by atoms with Gasteiger partial charge in [0.15, 0.2) is 0 Å². The first-order valence-corrected chi connectivity index (χ1v) is 6.53. The lowest BCUT2D eigenvalue weighted by molar-refractivity contribution is 0.0595. The third-order valence-electron chi connectivity index (χ3n) is 2.61. The van der Waals surface area contributed by atoms with Gasteiger partial charge in [-0.3, -0.25) is 4.79 Å². The van der Waals surface area contributed by atoms with Gasteiger partial charge in [0.05, 0.1) is 24.0 Å². The average molecular weight is 312 g/mol. The molecule has 1 amide bonds. The van der Waals surface area contributed by atoms with Crippen LogP contribution in [0.1, 0.15) is 20.0 Å². The number of methoxy groups -OCH3 is 1. The summed E-state index contributed by atoms with van der Waals surface area (Å²) in [6.45, 7) is 0. The number of ether oxygens (including phenoxy) is 1. The highest BCUT2D eigenvalue weighted by atomic mass is 32.1. The quantitative estimate of drug-likeness (QED) is 0.854. The van der Waals surface area contributed by atoms with Crippen LogP contribution in [0.3, 0.4) is 0 Å². The molecule has 0 aliphatic rings. The maximum Gasteiger partial charge on any atom is 0.340 e. The van der Waals surface area contributed by atoms with E-state index in [9.17, 15) is 18.4 Å². The van der Waals surface area contributed by atoms with E-state index < -0.39 is 29.1 Å². The van der Waals surface area contributed by atoms with Gasteiger partial charge in [-0.2, -0.15) is 0 Å². The Morgan fingerprint density at radius 3 is 2.57 bits per heavy atom. The Kier molecular flexibility index (Phi) is 4.18. The number of thiophene rings is 1. The number of esters is 1. The molecule has 0 bridgehead atoms. The van der Waals surface area contributed by atoms with Gasteiger partial charge in [0.25, 0.3) is 5.91 Å². The van der Waals surface area contributed by atoms with Crippen molar-refractivity contribution in [2.24, 2.45) is 0 Å². The Bertz CT molecular complexity index is 715. The van der Waals surface area contributed by atoms with E-state index in [1.54, 1.807) is 5.38 Å². The van der Waals surface area contributed by atoms with Crippen LogP contribution < -0.4 is 11.1 Å². The molecule has 0 saturated carbocycles. The van der Waals surface area contributed by atoms with Crippen LogP contribution in [-0.2, 0) is 4.74 Å². The zero-order chi connectivity index (χ0) is 15.6. The minimum absolute atomic E-state index is 0.193. The summed E-state index contributed by atoms with van der Waals surface area (Å²) >= 11 is 1.08. The van der Waals surface area contributed by atoms with Crippen LogP contribution in [0.15, 0.2) is 23.6 Å². The maximum absolute atomic E-state index is 13.7. The van der Waals surface area contributed by atoms with Crippen LogP contribution in [0, 0.1) is 11.6 Å². The highest BCUT2D eigenvalue weighted by molar-refractivity contribution is 7.12. The molecule has 0 aliphatic carbocycles. The van der Waals surface area contributed by atoms with E-state index in [2.05, 4.69) is 10.1 Å². The Labute approximate surface area is 122 Å². The fourth-order valence-electron chi connectivity index (χ4n) is 1.59. The highest BCUT2D eigenvalue weighted by Gasteiger charge is 2.19. The zero-order valence-corrected chi connectivity index (χ0v) is 11.6. The van der Waals surface area contributed by atoms with E-state index in [0.717, 1.165) is 24.5 Å². The van der Waals surface area contributed by atoms with E-state index in [1.807, 2.05) is 0 Å². The summed E-state index contributed by atoms with van der Waals surface area (Å²) in [6, 6.07) is 2.90. The summed E-state index contributed by atoms with van der Waals surface area (Å²) in [4.78, 5) is 23.5. The topological polar surface area (TPSA) is 81.4 Å². The molecule has 21 heavy (non-hydrogen) atoms. The second-order valence-electron chi connectivity index (χ2n) is 3.96. The third kappa shape index (κ3) is 3.00. The molecule has 0 atom stereocenters. The number of halogens is 2. The molecule has 0 fully saturated rings. The molecule has 3 N–H and O–H groups in total. The summed E-state index contributed by atoms with van der Waals surface area (Å²) in [5.41, 5.74) is 5.01. The lowest BCUT2D eigenvalue weighted by Crippen LogP contribution is -2.15. The van der Waals surface area contributed by atoms with Gasteiger partial charge in [0.2, 0.25) is 0 Å². The van der Waals surface area contributed by atoms with Gasteiger partial charge < -0.3 is 15.8 Å². The number of carbonyl (C=O) groups is 2. The van der Waals surface area contributed by atoms with Crippen LogP contribution in [0.4, 0.5) is 20.2 Å². The minimum atomic E-state index is -1.08. The number of carbonyl (C=O) groups excluding carboxylic acids is 2. The Morgan fingerprint density at radius 2 is 2.00 bits per heavy atom. The molecule has 110 valence electrons. The van der Waals surface area contributed by atoms with Crippen molar-refractivity contribution in [2.45, 2.75) is 0 Å². The molecule has 8 heteroatoms. The summed E-state index contributed by atoms with van der Waals surface area (Å²) in [5, 5.41) is 3.84. The summed E-state index contributed by atoms with van der Waals surface area (Å²) in [5.74, 6) is -3.71. The number of hydrogen-bond acceptors (Lipinski definition) is 5. The lowest BCUT2D eigenvalue weighted by Gasteiger charge is -2.08. The van der Waals surface area contributed by atoms with E-state index in [-0.39, 0.29) is 16.3 Å². The van der Waals surface area contributed by atoms with Gasteiger partial charge in [-0.1, -0.05) is 0 Å². The number of nitrogens with one attached hydrogen (secondary N) is 1. The number of benzene rings is 1. The second-order valence-corrected chi connectivity index (χ2v) is 4.88. The minimum Gasteiger partial charge on any atom is -0.465 e. The number of anilines is 2. The fourth-order valence-corrected chi connectivity index (χ4v) is 2.31. The first-order chi connectivity index (χ1) is 9.93. The molecule has 0 aliphatic heterocycles. The first kappa shape index (κ1) is 14.9. The second kappa shape index (κ2) is 5.88. The SMILES string of the molecule is COC(=O)c1cc(NC(=O)c2sccc2N)c(F)cc1F. The van der Waals surface area contributed by atoms with Gasteiger partial charge >= 0.3 is 5.97 Å². The number of amides is 1. The number of rotatable bonds is 3. The molecule has 1 aromatic heterocycles. The number of nitrogen functional groups attached to an aromatic ring is 1. The number of nitrogens with two attached hydrogens (primary N) is 1.